The first-order chi connectivity index (χ1) is 7.29. The fourth-order valence-electron chi connectivity index (χ4n) is 3.18. The number of aliphatic hydroxyl groups excluding tert-OH is 1. The molecule has 2 aliphatic rings. The van der Waals surface area contributed by atoms with Crippen LogP contribution in [-0.2, 0) is 4.79 Å². The summed E-state index contributed by atoms with van der Waals surface area (Å²) in [5.74, 6) is 0.701. The van der Waals surface area contributed by atoms with E-state index in [0.717, 1.165) is 32.1 Å². The Morgan fingerprint density at radius 3 is 2.33 bits per heavy atom. The van der Waals surface area contributed by atoms with Crippen LogP contribution in [-0.4, -0.2) is 17.0 Å². The first kappa shape index (κ1) is 11.1. The van der Waals surface area contributed by atoms with Crippen LogP contribution in [0.15, 0.2) is 0 Å². The van der Waals surface area contributed by atoms with Gasteiger partial charge in [0.25, 0.3) is 0 Å². The monoisotopic (exact) mass is 210 g/mol. The Balaban J connectivity index is 1.92. The number of hydrogen-bond donors (Lipinski definition) is 1. The van der Waals surface area contributed by atoms with E-state index in [9.17, 15) is 9.90 Å². The van der Waals surface area contributed by atoms with Crippen molar-refractivity contribution in [2.75, 3.05) is 0 Å². The molecule has 0 bridgehead atoms. The maximum Gasteiger partial charge on any atom is 0.138 e. The molecule has 0 aromatic heterocycles. The van der Waals surface area contributed by atoms with Gasteiger partial charge in [0.05, 0.1) is 6.10 Å². The second kappa shape index (κ2) is 5.11. The lowest BCUT2D eigenvalue weighted by Gasteiger charge is -2.33. The summed E-state index contributed by atoms with van der Waals surface area (Å²) in [4.78, 5) is 11.7. The van der Waals surface area contributed by atoms with Crippen molar-refractivity contribution in [2.24, 2.45) is 11.8 Å². The summed E-state index contributed by atoms with van der Waals surface area (Å²) in [5, 5.41) is 10.2. The summed E-state index contributed by atoms with van der Waals surface area (Å²) in [6.07, 6.45) is 9.50. The average Bonchev–Trinajstić information content (AvgIpc) is 2.30. The highest BCUT2D eigenvalue weighted by Crippen LogP contribution is 2.33. The number of aliphatic hydroxyl groups is 1. The minimum Gasteiger partial charge on any atom is -0.392 e. The van der Waals surface area contributed by atoms with Crippen LogP contribution in [0.25, 0.3) is 0 Å². The van der Waals surface area contributed by atoms with Crippen LogP contribution in [0.3, 0.4) is 0 Å². The van der Waals surface area contributed by atoms with Crippen LogP contribution in [0.2, 0.25) is 0 Å². The maximum absolute atomic E-state index is 11.7. The first-order valence-corrected chi connectivity index (χ1v) is 6.50. The fraction of sp³-hybridized carbons (Fsp3) is 0.923. The molecule has 0 spiro atoms. The van der Waals surface area contributed by atoms with Gasteiger partial charge < -0.3 is 5.11 Å². The van der Waals surface area contributed by atoms with E-state index in [0.29, 0.717) is 18.1 Å². The molecule has 2 aliphatic carbocycles. The standard InChI is InChI=1S/C13H22O2/c14-12-9-5-4-8-11(12)13(15)10-6-2-1-3-7-10/h10-11,13,15H,1-9H2/t11-,13-/m1/s1. The van der Waals surface area contributed by atoms with Gasteiger partial charge in [0.2, 0.25) is 0 Å². The predicted molar refractivity (Wildman–Crippen MR) is 59.5 cm³/mol. The van der Waals surface area contributed by atoms with Crippen molar-refractivity contribution in [3.63, 3.8) is 0 Å². The van der Waals surface area contributed by atoms with E-state index in [1.165, 1.54) is 19.3 Å². The molecule has 1 N–H and O–H groups in total. The second-order valence-electron chi connectivity index (χ2n) is 5.21. The second-order valence-corrected chi connectivity index (χ2v) is 5.21. The third kappa shape index (κ3) is 2.60. The smallest absolute Gasteiger partial charge is 0.138 e. The van der Waals surface area contributed by atoms with E-state index in [4.69, 9.17) is 0 Å². The number of ketones is 1. The molecule has 86 valence electrons. The summed E-state index contributed by atoms with van der Waals surface area (Å²) in [6.45, 7) is 0. The molecule has 0 aromatic rings. The molecule has 2 saturated carbocycles. The molecule has 2 fully saturated rings. The maximum atomic E-state index is 11.7. The zero-order valence-electron chi connectivity index (χ0n) is 9.45. The molecule has 0 saturated heterocycles. The lowest BCUT2D eigenvalue weighted by Crippen LogP contribution is -2.37. The number of Topliss-reactive ketones (excluding diaryl/α,β-unsaturated/α-hetero) is 1. The Bertz CT molecular complexity index is 219. The van der Waals surface area contributed by atoms with E-state index in [2.05, 4.69) is 0 Å². The Labute approximate surface area is 92.1 Å². The van der Waals surface area contributed by atoms with E-state index in [1.54, 1.807) is 0 Å². The minimum absolute atomic E-state index is 0.0261. The molecule has 15 heavy (non-hydrogen) atoms. The van der Waals surface area contributed by atoms with E-state index in [-0.39, 0.29) is 12.0 Å². The van der Waals surface area contributed by atoms with Gasteiger partial charge in [-0.25, -0.2) is 0 Å². The average molecular weight is 210 g/mol. The van der Waals surface area contributed by atoms with Gasteiger partial charge in [-0.15, -0.1) is 0 Å². The normalized spacial score (nSPS) is 31.5. The first-order valence-electron chi connectivity index (χ1n) is 6.50. The molecule has 2 nitrogen and oxygen atoms in total. The third-order valence-electron chi connectivity index (χ3n) is 4.15. The van der Waals surface area contributed by atoms with Gasteiger partial charge in [0.1, 0.15) is 5.78 Å². The van der Waals surface area contributed by atoms with Gasteiger partial charge >= 0.3 is 0 Å². The van der Waals surface area contributed by atoms with Crippen LogP contribution in [0.5, 0.6) is 0 Å². The topological polar surface area (TPSA) is 37.3 Å². The predicted octanol–water partition coefficient (Wildman–Crippen LogP) is 2.69. The molecule has 0 unspecified atom stereocenters. The Morgan fingerprint density at radius 1 is 1.00 bits per heavy atom. The summed E-state index contributed by atoms with van der Waals surface area (Å²) in [7, 11) is 0. The van der Waals surface area contributed by atoms with E-state index in [1.807, 2.05) is 0 Å². The third-order valence-corrected chi connectivity index (χ3v) is 4.15. The van der Waals surface area contributed by atoms with Crippen molar-refractivity contribution < 1.29 is 9.90 Å². The Hall–Kier alpha value is -0.370. The SMILES string of the molecule is O=C1CCCC[C@H]1[C@H](O)C1CCCCC1. The molecule has 0 aromatic carbocycles. The Kier molecular flexibility index (Phi) is 3.79. The van der Waals surface area contributed by atoms with Crippen LogP contribution < -0.4 is 0 Å². The van der Waals surface area contributed by atoms with Crippen molar-refractivity contribution in [3.05, 3.63) is 0 Å². The van der Waals surface area contributed by atoms with Crippen molar-refractivity contribution >= 4 is 5.78 Å². The highest BCUT2D eigenvalue weighted by Gasteiger charge is 2.34. The summed E-state index contributed by atoms with van der Waals surface area (Å²) >= 11 is 0. The van der Waals surface area contributed by atoms with Crippen LogP contribution in [0, 0.1) is 11.8 Å². The molecule has 2 rings (SSSR count). The van der Waals surface area contributed by atoms with Gasteiger partial charge in [0.15, 0.2) is 0 Å². The summed E-state index contributed by atoms with van der Waals surface area (Å²) < 4.78 is 0. The lowest BCUT2D eigenvalue weighted by atomic mass is 9.75. The minimum atomic E-state index is -0.335. The quantitative estimate of drug-likeness (QED) is 0.761. The zero-order chi connectivity index (χ0) is 10.7. The van der Waals surface area contributed by atoms with Crippen molar-refractivity contribution in [2.45, 2.75) is 63.9 Å². The summed E-state index contributed by atoms with van der Waals surface area (Å²) in [5.41, 5.74) is 0. The number of rotatable bonds is 2. The van der Waals surface area contributed by atoms with E-state index < -0.39 is 0 Å². The van der Waals surface area contributed by atoms with Crippen LogP contribution >= 0.6 is 0 Å². The van der Waals surface area contributed by atoms with Crippen LogP contribution in [0.4, 0.5) is 0 Å². The van der Waals surface area contributed by atoms with Gasteiger partial charge in [-0.3, -0.25) is 4.79 Å². The molecule has 2 atom stereocenters. The molecule has 0 aliphatic heterocycles. The van der Waals surface area contributed by atoms with Gasteiger partial charge in [-0.2, -0.15) is 0 Å². The Morgan fingerprint density at radius 2 is 1.67 bits per heavy atom. The number of carbonyl (C=O) groups excluding carboxylic acids is 1. The largest absolute Gasteiger partial charge is 0.392 e. The van der Waals surface area contributed by atoms with Crippen molar-refractivity contribution in [1.29, 1.82) is 0 Å². The highest BCUT2D eigenvalue weighted by atomic mass is 16.3. The van der Waals surface area contributed by atoms with Crippen molar-refractivity contribution in [3.8, 4) is 0 Å². The molecule has 2 heteroatoms. The van der Waals surface area contributed by atoms with Gasteiger partial charge in [0, 0.05) is 12.3 Å². The van der Waals surface area contributed by atoms with Gasteiger partial charge in [-0.1, -0.05) is 25.7 Å². The fourth-order valence-corrected chi connectivity index (χ4v) is 3.18. The van der Waals surface area contributed by atoms with Crippen LogP contribution in [0.1, 0.15) is 57.8 Å². The van der Waals surface area contributed by atoms with Gasteiger partial charge in [-0.05, 0) is 31.6 Å². The lowest BCUT2D eigenvalue weighted by molar-refractivity contribution is -0.130. The number of hydrogen-bond acceptors (Lipinski definition) is 2. The number of carbonyl (C=O) groups is 1. The molecular formula is C13H22O2. The summed E-state index contributed by atoms with van der Waals surface area (Å²) in [6, 6.07) is 0. The molecule has 0 heterocycles. The molecule has 0 amide bonds. The van der Waals surface area contributed by atoms with Crippen molar-refractivity contribution in [1.82, 2.24) is 0 Å². The molecule has 0 radical (unpaired) electrons. The van der Waals surface area contributed by atoms with E-state index >= 15 is 0 Å². The highest BCUT2D eigenvalue weighted by molar-refractivity contribution is 5.82. The zero-order valence-corrected chi connectivity index (χ0v) is 9.45. The molecular weight excluding hydrogens is 188 g/mol.